The molecule has 0 saturated heterocycles. The normalized spacial score (nSPS) is 10.6. The van der Waals surface area contributed by atoms with Crippen molar-refractivity contribution in [2.75, 3.05) is 0 Å². The van der Waals surface area contributed by atoms with E-state index in [0.29, 0.717) is 10.3 Å². The maximum absolute atomic E-state index is 13.7. The summed E-state index contributed by atoms with van der Waals surface area (Å²) in [5.41, 5.74) is 1.58. The molecule has 0 aliphatic carbocycles. The average molecular weight is 363 g/mol. The van der Waals surface area contributed by atoms with Crippen LogP contribution in [0.5, 0.6) is 0 Å². The van der Waals surface area contributed by atoms with Crippen LogP contribution in [0.15, 0.2) is 33.3 Å². The molecule has 1 aromatic heterocycles. The lowest BCUT2D eigenvalue weighted by atomic mass is 10.1. The summed E-state index contributed by atoms with van der Waals surface area (Å²) in [7, 11) is 0. The van der Waals surface area contributed by atoms with Crippen LogP contribution in [-0.4, -0.2) is 4.98 Å². The molecule has 0 spiro atoms. The van der Waals surface area contributed by atoms with Crippen molar-refractivity contribution in [3.8, 4) is 11.3 Å². The van der Waals surface area contributed by atoms with E-state index in [1.54, 1.807) is 6.07 Å². The number of pyridine rings is 1. The van der Waals surface area contributed by atoms with Gasteiger partial charge in [-0.05, 0) is 46.6 Å². The fourth-order valence-corrected chi connectivity index (χ4v) is 2.61. The second-order valence-electron chi connectivity index (χ2n) is 3.52. The molecule has 0 saturated carbocycles. The van der Waals surface area contributed by atoms with Crippen LogP contribution in [0.1, 0.15) is 5.56 Å². The Hall–Kier alpha value is -0.810. The summed E-state index contributed by atoms with van der Waals surface area (Å²) in [6.45, 7) is 1.82. The molecular formula is C12H7Br2F2N. The van der Waals surface area contributed by atoms with Crippen LogP contribution in [-0.2, 0) is 0 Å². The van der Waals surface area contributed by atoms with Gasteiger partial charge in [-0.3, -0.25) is 0 Å². The van der Waals surface area contributed by atoms with Gasteiger partial charge in [0.15, 0.2) is 0 Å². The molecule has 0 aliphatic heterocycles. The van der Waals surface area contributed by atoms with Gasteiger partial charge in [0.1, 0.15) is 16.2 Å². The third-order valence-electron chi connectivity index (χ3n) is 2.36. The highest BCUT2D eigenvalue weighted by Gasteiger charge is 2.13. The summed E-state index contributed by atoms with van der Waals surface area (Å²) in [4.78, 5) is 4.22. The molecule has 2 rings (SSSR count). The molecule has 2 aromatic rings. The van der Waals surface area contributed by atoms with Crippen molar-refractivity contribution in [2.45, 2.75) is 6.92 Å². The molecule has 1 nitrogen and oxygen atoms in total. The smallest absolute Gasteiger partial charge is 0.135 e. The van der Waals surface area contributed by atoms with E-state index in [1.165, 1.54) is 12.1 Å². The van der Waals surface area contributed by atoms with Crippen molar-refractivity contribution in [3.05, 3.63) is 50.5 Å². The van der Waals surface area contributed by atoms with Gasteiger partial charge in [-0.15, -0.1) is 0 Å². The number of hydrogen-bond acceptors (Lipinski definition) is 1. The van der Waals surface area contributed by atoms with E-state index in [4.69, 9.17) is 0 Å². The van der Waals surface area contributed by atoms with E-state index in [2.05, 4.69) is 36.8 Å². The minimum atomic E-state index is -0.620. The molecule has 1 heterocycles. The van der Waals surface area contributed by atoms with Crippen LogP contribution < -0.4 is 0 Å². The van der Waals surface area contributed by atoms with E-state index >= 15 is 0 Å². The van der Waals surface area contributed by atoms with Crippen molar-refractivity contribution in [3.63, 3.8) is 0 Å². The molecule has 1 aromatic carbocycles. The number of halogens is 4. The second-order valence-corrected chi connectivity index (χ2v) is 5.19. The highest BCUT2D eigenvalue weighted by atomic mass is 79.9. The Morgan fingerprint density at radius 3 is 2.47 bits per heavy atom. The molecule has 0 unspecified atom stereocenters. The predicted octanol–water partition coefficient (Wildman–Crippen LogP) is 4.86. The van der Waals surface area contributed by atoms with Crippen molar-refractivity contribution in [1.82, 2.24) is 4.98 Å². The first-order valence-corrected chi connectivity index (χ1v) is 6.35. The average Bonchev–Trinajstić information content (AvgIpc) is 2.24. The number of aromatic nitrogens is 1. The minimum absolute atomic E-state index is 0.283. The summed E-state index contributed by atoms with van der Waals surface area (Å²) < 4.78 is 27.9. The van der Waals surface area contributed by atoms with E-state index in [0.717, 1.165) is 16.1 Å². The summed E-state index contributed by atoms with van der Waals surface area (Å²) in [5, 5.41) is 0. The minimum Gasteiger partial charge on any atom is -0.240 e. The third-order valence-corrected chi connectivity index (χ3v) is 3.59. The second kappa shape index (κ2) is 4.82. The van der Waals surface area contributed by atoms with Gasteiger partial charge >= 0.3 is 0 Å². The SMILES string of the molecule is Cc1c(Br)cc(Br)nc1-c1ccc(F)cc1F. The van der Waals surface area contributed by atoms with Crippen molar-refractivity contribution >= 4 is 31.9 Å². The van der Waals surface area contributed by atoms with Crippen LogP contribution in [0.3, 0.4) is 0 Å². The lowest BCUT2D eigenvalue weighted by Crippen LogP contribution is -1.94. The molecule has 0 bridgehead atoms. The first-order valence-electron chi connectivity index (χ1n) is 4.77. The lowest BCUT2D eigenvalue weighted by Gasteiger charge is -2.09. The van der Waals surface area contributed by atoms with E-state index in [-0.39, 0.29) is 5.56 Å². The van der Waals surface area contributed by atoms with E-state index < -0.39 is 11.6 Å². The van der Waals surface area contributed by atoms with E-state index in [1.807, 2.05) is 6.92 Å². The Balaban J connectivity index is 2.68. The zero-order valence-electron chi connectivity index (χ0n) is 8.77. The predicted molar refractivity (Wildman–Crippen MR) is 69.7 cm³/mol. The topological polar surface area (TPSA) is 12.9 Å². The zero-order valence-corrected chi connectivity index (χ0v) is 11.9. The standard InChI is InChI=1S/C12H7Br2F2N/c1-6-9(13)5-11(14)17-12(6)8-3-2-7(15)4-10(8)16/h2-5H,1H3. The molecular weight excluding hydrogens is 356 g/mol. The Bertz CT molecular complexity index is 585. The van der Waals surface area contributed by atoms with Gasteiger partial charge in [0.25, 0.3) is 0 Å². The molecule has 5 heteroatoms. The summed E-state index contributed by atoms with van der Waals surface area (Å²) in [5.74, 6) is -1.22. The number of hydrogen-bond donors (Lipinski definition) is 0. The quantitative estimate of drug-likeness (QED) is 0.660. The summed E-state index contributed by atoms with van der Waals surface area (Å²) >= 11 is 6.61. The molecule has 0 atom stereocenters. The molecule has 0 radical (unpaired) electrons. The van der Waals surface area contributed by atoms with Crippen LogP contribution in [0.2, 0.25) is 0 Å². The zero-order chi connectivity index (χ0) is 12.6. The maximum Gasteiger partial charge on any atom is 0.135 e. The Kier molecular flexibility index (Phi) is 3.58. The van der Waals surface area contributed by atoms with Crippen LogP contribution in [0.4, 0.5) is 8.78 Å². The van der Waals surface area contributed by atoms with Crippen LogP contribution in [0, 0.1) is 18.6 Å². The van der Waals surface area contributed by atoms with Crippen LogP contribution in [0.25, 0.3) is 11.3 Å². The Labute approximate surface area is 114 Å². The Morgan fingerprint density at radius 2 is 1.82 bits per heavy atom. The molecule has 0 fully saturated rings. The molecule has 17 heavy (non-hydrogen) atoms. The number of benzene rings is 1. The molecule has 0 N–H and O–H groups in total. The fourth-order valence-electron chi connectivity index (χ4n) is 1.49. The van der Waals surface area contributed by atoms with Gasteiger partial charge in [-0.25, -0.2) is 13.8 Å². The summed E-state index contributed by atoms with van der Waals surface area (Å²) in [6.07, 6.45) is 0. The monoisotopic (exact) mass is 361 g/mol. The Morgan fingerprint density at radius 1 is 1.12 bits per heavy atom. The highest BCUT2D eigenvalue weighted by molar-refractivity contribution is 9.11. The largest absolute Gasteiger partial charge is 0.240 e. The number of nitrogens with zero attached hydrogens (tertiary/aromatic N) is 1. The van der Waals surface area contributed by atoms with Gasteiger partial charge in [0.2, 0.25) is 0 Å². The van der Waals surface area contributed by atoms with Crippen molar-refractivity contribution in [1.29, 1.82) is 0 Å². The highest BCUT2D eigenvalue weighted by Crippen LogP contribution is 2.31. The van der Waals surface area contributed by atoms with E-state index in [9.17, 15) is 8.78 Å². The third kappa shape index (κ3) is 2.55. The summed E-state index contributed by atoms with van der Waals surface area (Å²) in [6, 6.07) is 5.23. The van der Waals surface area contributed by atoms with Crippen molar-refractivity contribution in [2.24, 2.45) is 0 Å². The first-order chi connectivity index (χ1) is 7.99. The maximum atomic E-state index is 13.7. The number of rotatable bonds is 1. The van der Waals surface area contributed by atoms with Gasteiger partial charge in [-0.2, -0.15) is 0 Å². The molecule has 88 valence electrons. The molecule has 0 amide bonds. The van der Waals surface area contributed by atoms with Crippen molar-refractivity contribution < 1.29 is 8.78 Å². The van der Waals surface area contributed by atoms with Gasteiger partial charge in [0, 0.05) is 16.1 Å². The van der Waals surface area contributed by atoms with Gasteiger partial charge in [0.05, 0.1) is 5.69 Å². The fraction of sp³-hybridized carbons (Fsp3) is 0.0833. The van der Waals surface area contributed by atoms with Crippen LogP contribution >= 0.6 is 31.9 Å². The molecule has 0 aliphatic rings. The van der Waals surface area contributed by atoms with Gasteiger partial charge in [-0.1, -0.05) is 15.9 Å². The first kappa shape index (κ1) is 12.6. The lowest BCUT2D eigenvalue weighted by molar-refractivity contribution is 0.585. The van der Waals surface area contributed by atoms with Gasteiger partial charge < -0.3 is 0 Å².